The number of anilines is 1. The van der Waals surface area contributed by atoms with E-state index in [-0.39, 0.29) is 18.2 Å². The molecular weight excluding hydrogens is 254 g/mol. The van der Waals surface area contributed by atoms with E-state index in [1.54, 1.807) is 4.90 Å². The van der Waals surface area contributed by atoms with E-state index in [0.717, 1.165) is 12.0 Å². The summed E-state index contributed by atoms with van der Waals surface area (Å²) in [5.41, 5.74) is 13.1. The molecule has 0 spiro atoms. The summed E-state index contributed by atoms with van der Waals surface area (Å²) in [5, 5.41) is 0. The predicted octanol–water partition coefficient (Wildman–Crippen LogP) is 2.28. The normalized spacial score (nSPS) is 22.9. The Balaban J connectivity index is 2.23. The molecule has 20 heavy (non-hydrogen) atoms. The Labute approximate surface area is 119 Å². The van der Waals surface area contributed by atoms with Crippen LogP contribution in [0.2, 0.25) is 0 Å². The number of nitrogens with zero attached hydrogens (tertiary/aromatic N) is 1. The lowest BCUT2D eigenvalue weighted by atomic mass is 10.0. The maximum atomic E-state index is 12.3. The van der Waals surface area contributed by atoms with Gasteiger partial charge in [-0.15, -0.1) is 0 Å². The van der Waals surface area contributed by atoms with Crippen LogP contribution in [0.4, 0.5) is 10.5 Å². The van der Waals surface area contributed by atoms with Crippen molar-refractivity contribution < 1.29 is 9.53 Å². The number of ether oxygens (including phenoxy) is 1. The number of carbonyl (C=O) groups excluding carboxylic acids is 1. The number of benzene rings is 1. The van der Waals surface area contributed by atoms with E-state index in [0.29, 0.717) is 12.2 Å². The molecule has 1 saturated heterocycles. The summed E-state index contributed by atoms with van der Waals surface area (Å²) in [6, 6.07) is 7.25. The molecule has 1 heterocycles. The second kappa shape index (κ2) is 5.32. The van der Waals surface area contributed by atoms with Crippen LogP contribution in [0, 0.1) is 0 Å². The standard InChI is InChI=1S/C15H23N3O2/c1-15(2,3)20-14(19)18-8-7-12(17)13(18)10-5-4-6-11(16)9-10/h4-6,9,12-13H,7-8,16-17H2,1-3H3/t12-,13-/m0/s1. The first-order chi connectivity index (χ1) is 9.28. The van der Waals surface area contributed by atoms with Crippen LogP contribution in [-0.4, -0.2) is 29.2 Å². The lowest BCUT2D eigenvalue weighted by molar-refractivity contribution is 0.0218. The SMILES string of the molecule is CC(C)(C)OC(=O)N1CC[C@H](N)[C@@H]1c1cccc(N)c1. The van der Waals surface area contributed by atoms with Crippen molar-refractivity contribution in [2.24, 2.45) is 5.73 Å². The second-order valence-electron chi connectivity index (χ2n) is 6.24. The summed E-state index contributed by atoms with van der Waals surface area (Å²) in [4.78, 5) is 14.0. The Morgan fingerprint density at radius 1 is 1.40 bits per heavy atom. The van der Waals surface area contributed by atoms with Crippen molar-refractivity contribution in [1.82, 2.24) is 4.90 Å². The second-order valence-corrected chi connectivity index (χ2v) is 6.24. The zero-order valence-electron chi connectivity index (χ0n) is 12.3. The Kier molecular flexibility index (Phi) is 3.90. The molecule has 0 aliphatic carbocycles. The highest BCUT2D eigenvalue weighted by Gasteiger charge is 2.38. The fourth-order valence-electron chi connectivity index (χ4n) is 2.51. The molecule has 0 bridgehead atoms. The molecular formula is C15H23N3O2. The van der Waals surface area contributed by atoms with Crippen molar-refractivity contribution in [3.05, 3.63) is 29.8 Å². The summed E-state index contributed by atoms with van der Waals surface area (Å²) in [6.45, 7) is 6.18. The highest BCUT2D eigenvalue weighted by atomic mass is 16.6. The molecule has 1 fully saturated rings. The van der Waals surface area contributed by atoms with E-state index >= 15 is 0 Å². The maximum absolute atomic E-state index is 12.3. The minimum Gasteiger partial charge on any atom is -0.444 e. The van der Waals surface area contributed by atoms with Gasteiger partial charge in [0.15, 0.2) is 0 Å². The smallest absolute Gasteiger partial charge is 0.410 e. The summed E-state index contributed by atoms with van der Waals surface area (Å²) >= 11 is 0. The van der Waals surface area contributed by atoms with Crippen LogP contribution >= 0.6 is 0 Å². The van der Waals surface area contributed by atoms with E-state index in [1.165, 1.54) is 0 Å². The van der Waals surface area contributed by atoms with Gasteiger partial charge in [0.25, 0.3) is 0 Å². The molecule has 5 heteroatoms. The minimum atomic E-state index is -0.510. The summed E-state index contributed by atoms with van der Waals surface area (Å²) in [7, 11) is 0. The Morgan fingerprint density at radius 3 is 2.70 bits per heavy atom. The molecule has 0 aromatic heterocycles. The van der Waals surface area contributed by atoms with Crippen molar-refractivity contribution in [2.75, 3.05) is 12.3 Å². The van der Waals surface area contributed by atoms with Crippen molar-refractivity contribution >= 4 is 11.8 Å². The number of likely N-dealkylation sites (tertiary alicyclic amines) is 1. The zero-order valence-corrected chi connectivity index (χ0v) is 12.3. The Hall–Kier alpha value is -1.75. The Bertz CT molecular complexity index is 496. The van der Waals surface area contributed by atoms with Gasteiger partial charge in [-0.05, 0) is 44.9 Å². The number of nitrogen functional groups attached to an aromatic ring is 1. The topological polar surface area (TPSA) is 81.6 Å². The van der Waals surface area contributed by atoms with E-state index < -0.39 is 5.60 Å². The molecule has 0 unspecified atom stereocenters. The largest absolute Gasteiger partial charge is 0.444 e. The molecule has 0 saturated carbocycles. The fourth-order valence-corrected chi connectivity index (χ4v) is 2.51. The van der Waals surface area contributed by atoms with E-state index in [2.05, 4.69) is 0 Å². The van der Waals surface area contributed by atoms with Crippen molar-refractivity contribution in [1.29, 1.82) is 0 Å². The first kappa shape index (κ1) is 14.7. The summed E-state index contributed by atoms with van der Waals surface area (Å²) in [5.74, 6) is 0. The lowest BCUT2D eigenvalue weighted by Gasteiger charge is -2.30. The van der Waals surface area contributed by atoms with Gasteiger partial charge < -0.3 is 16.2 Å². The van der Waals surface area contributed by atoms with Crippen LogP contribution in [0.1, 0.15) is 38.8 Å². The molecule has 2 atom stereocenters. The fraction of sp³-hybridized carbons (Fsp3) is 0.533. The van der Waals surface area contributed by atoms with Gasteiger partial charge in [0.2, 0.25) is 0 Å². The van der Waals surface area contributed by atoms with Crippen LogP contribution in [0.15, 0.2) is 24.3 Å². The van der Waals surface area contributed by atoms with Crippen LogP contribution < -0.4 is 11.5 Å². The van der Waals surface area contributed by atoms with E-state index in [4.69, 9.17) is 16.2 Å². The van der Waals surface area contributed by atoms with Crippen molar-refractivity contribution in [2.45, 2.75) is 44.9 Å². The number of rotatable bonds is 1. The molecule has 2 rings (SSSR count). The van der Waals surface area contributed by atoms with E-state index in [9.17, 15) is 4.79 Å². The van der Waals surface area contributed by atoms with Gasteiger partial charge >= 0.3 is 6.09 Å². The third kappa shape index (κ3) is 3.22. The van der Waals surface area contributed by atoms with Crippen LogP contribution in [-0.2, 0) is 4.74 Å². The molecule has 1 aliphatic heterocycles. The van der Waals surface area contributed by atoms with Gasteiger partial charge in [-0.25, -0.2) is 4.79 Å². The first-order valence-corrected chi connectivity index (χ1v) is 6.88. The molecule has 0 radical (unpaired) electrons. The number of amides is 1. The van der Waals surface area contributed by atoms with Gasteiger partial charge in [-0.1, -0.05) is 12.1 Å². The predicted molar refractivity (Wildman–Crippen MR) is 79.1 cm³/mol. The van der Waals surface area contributed by atoms with Gasteiger partial charge in [0.1, 0.15) is 5.60 Å². The monoisotopic (exact) mass is 277 g/mol. The van der Waals surface area contributed by atoms with Crippen molar-refractivity contribution in [3.8, 4) is 0 Å². The number of hydrogen-bond donors (Lipinski definition) is 2. The zero-order chi connectivity index (χ0) is 14.9. The van der Waals surface area contributed by atoms with Gasteiger partial charge in [-0.2, -0.15) is 0 Å². The third-order valence-corrected chi connectivity index (χ3v) is 3.32. The van der Waals surface area contributed by atoms with Crippen LogP contribution in [0.25, 0.3) is 0 Å². The third-order valence-electron chi connectivity index (χ3n) is 3.32. The molecule has 1 aliphatic rings. The molecule has 1 aromatic rings. The molecule has 110 valence electrons. The minimum absolute atomic E-state index is 0.0932. The van der Waals surface area contributed by atoms with Crippen molar-refractivity contribution in [3.63, 3.8) is 0 Å². The molecule has 1 amide bonds. The molecule has 4 N–H and O–H groups in total. The highest BCUT2D eigenvalue weighted by molar-refractivity contribution is 5.69. The summed E-state index contributed by atoms with van der Waals surface area (Å²) < 4.78 is 5.45. The molecule has 1 aromatic carbocycles. The van der Waals surface area contributed by atoms with Gasteiger partial charge in [0, 0.05) is 18.3 Å². The average molecular weight is 277 g/mol. The Morgan fingerprint density at radius 2 is 2.10 bits per heavy atom. The number of nitrogens with two attached hydrogens (primary N) is 2. The average Bonchev–Trinajstić information content (AvgIpc) is 2.69. The lowest BCUT2D eigenvalue weighted by Crippen LogP contribution is -2.39. The van der Waals surface area contributed by atoms with E-state index in [1.807, 2.05) is 45.0 Å². The van der Waals surface area contributed by atoms with Crippen LogP contribution in [0.3, 0.4) is 0 Å². The van der Waals surface area contributed by atoms with Gasteiger partial charge in [-0.3, -0.25) is 4.90 Å². The van der Waals surface area contributed by atoms with Gasteiger partial charge in [0.05, 0.1) is 6.04 Å². The maximum Gasteiger partial charge on any atom is 0.410 e. The first-order valence-electron chi connectivity index (χ1n) is 6.88. The highest BCUT2D eigenvalue weighted by Crippen LogP contribution is 2.33. The molecule has 5 nitrogen and oxygen atoms in total. The van der Waals surface area contributed by atoms with Crippen LogP contribution in [0.5, 0.6) is 0 Å². The number of carbonyl (C=O) groups is 1. The number of hydrogen-bond acceptors (Lipinski definition) is 4. The quantitative estimate of drug-likeness (QED) is 0.772. The summed E-state index contributed by atoms with van der Waals surface area (Å²) in [6.07, 6.45) is 0.441.